The number of rotatable bonds is 4. The molecule has 16 heavy (non-hydrogen) atoms. The van der Waals surface area contributed by atoms with Crippen molar-refractivity contribution in [1.29, 1.82) is 0 Å². The molecule has 1 heterocycles. The van der Waals surface area contributed by atoms with Crippen molar-refractivity contribution in [2.45, 2.75) is 37.6 Å². The van der Waals surface area contributed by atoms with Crippen LogP contribution >= 0.6 is 11.8 Å². The molecule has 1 aliphatic rings. The van der Waals surface area contributed by atoms with Crippen LogP contribution in [0.3, 0.4) is 0 Å². The number of hydrogen-bond acceptors (Lipinski definition) is 3. The SMILES string of the molecule is C#CCC(=O)N1C(CCC)SCC1C(=O)O. The summed E-state index contributed by atoms with van der Waals surface area (Å²) in [6, 6.07) is -0.720. The van der Waals surface area contributed by atoms with Gasteiger partial charge < -0.3 is 10.0 Å². The van der Waals surface area contributed by atoms with E-state index in [2.05, 4.69) is 5.92 Å². The average molecular weight is 241 g/mol. The Kier molecular flexibility index (Phi) is 4.69. The third-order valence-electron chi connectivity index (χ3n) is 2.45. The summed E-state index contributed by atoms with van der Waals surface area (Å²) in [6.07, 6.45) is 6.79. The summed E-state index contributed by atoms with van der Waals surface area (Å²) in [7, 11) is 0. The zero-order valence-electron chi connectivity index (χ0n) is 9.18. The smallest absolute Gasteiger partial charge is 0.327 e. The molecule has 2 atom stereocenters. The van der Waals surface area contributed by atoms with Crippen molar-refractivity contribution in [2.24, 2.45) is 0 Å². The summed E-state index contributed by atoms with van der Waals surface area (Å²) in [5.41, 5.74) is 0. The van der Waals surface area contributed by atoms with E-state index in [0.717, 1.165) is 12.8 Å². The lowest BCUT2D eigenvalue weighted by Gasteiger charge is -2.26. The second-order valence-corrected chi connectivity index (χ2v) is 4.82. The first-order valence-electron chi connectivity index (χ1n) is 5.20. The van der Waals surface area contributed by atoms with Gasteiger partial charge in [0, 0.05) is 5.75 Å². The first kappa shape index (κ1) is 12.9. The molecule has 0 bridgehead atoms. The van der Waals surface area contributed by atoms with Crippen molar-refractivity contribution >= 4 is 23.6 Å². The van der Waals surface area contributed by atoms with E-state index in [-0.39, 0.29) is 17.7 Å². The summed E-state index contributed by atoms with van der Waals surface area (Å²) in [5, 5.41) is 8.99. The van der Waals surface area contributed by atoms with Crippen LogP contribution in [0.25, 0.3) is 0 Å². The molecular formula is C11H15NO3S. The lowest BCUT2D eigenvalue weighted by atomic mass is 10.2. The molecule has 5 heteroatoms. The first-order chi connectivity index (χ1) is 7.61. The predicted octanol–water partition coefficient (Wildman–Crippen LogP) is 1.16. The summed E-state index contributed by atoms with van der Waals surface area (Å²) >= 11 is 1.52. The number of aliphatic carboxylic acids is 1. The van der Waals surface area contributed by atoms with Gasteiger partial charge in [0.05, 0.1) is 11.8 Å². The molecule has 1 amide bonds. The summed E-state index contributed by atoms with van der Waals surface area (Å²) < 4.78 is 0. The Bertz CT molecular complexity index is 324. The molecule has 0 aromatic carbocycles. The van der Waals surface area contributed by atoms with Crippen molar-refractivity contribution < 1.29 is 14.7 Å². The maximum Gasteiger partial charge on any atom is 0.327 e. The largest absolute Gasteiger partial charge is 0.480 e. The van der Waals surface area contributed by atoms with E-state index < -0.39 is 12.0 Å². The standard InChI is InChI=1S/C11H15NO3S/c1-3-5-9(13)12-8(11(14)15)7-16-10(12)6-4-2/h1,8,10H,4-7H2,2H3,(H,14,15). The summed E-state index contributed by atoms with van der Waals surface area (Å²) in [6.45, 7) is 2.01. The second kappa shape index (κ2) is 5.80. The molecule has 1 saturated heterocycles. The molecule has 1 rings (SSSR count). The van der Waals surface area contributed by atoms with Gasteiger partial charge in [-0.05, 0) is 6.42 Å². The highest BCUT2D eigenvalue weighted by atomic mass is 32.2. The number of carboxylic acids is 1. The monoisotopic (exact) mass is 241 g/mol. The highest BCUT2D eigenvalue weighted by molar-refractivity contribution is 8.00. The van der Waals surface area contributed by atoms with E-state index in [1.807, 2.05) is 6.92 Å². The van der Waals surface area contributed by atoms with Gasteiger partial charge in [0.15, 0.2) is 0 Å². The molecular weight excluding hydrogens is 226 g/mol. The van der Waals surface area contributed by atoms with E-state index in [1.165, 1.54) is 16.7 Å². The molecule has 0 aliphatic carbocycles. The van der Waals surface area contributed by atoms with E-state index in [0.29, 0.717) is 5.75 Å². The Morgan fingerprint density at radius 1 is 1.62 bits per heavy atom. The zero-order chi connectivity index (χ0) is 12.1. The van der Waals surface area contributed by atoms with Crippen LogP contribution in [-0.2, 0) is 9.59 Å². The van der Waals surface area contributed by atoms with Crippen LogP contribution in [0.2, 0.25) is 0 Å². The minimum absolute atomic E-state index is 0.0233. The Hall–Kier alpha value is -1.15. The van der Waals surface area contributed by atoms with Gasteiger partial charge in [-0.15, -0.1) is 18.2 Å². The highest BCUT2D eigenvalue weighted by Crippen LogP contribution is 2.32. The van der Waals surface area contributed by atoms with Gasteiger partial charge in [0.1, 0.15) is 6.04 Å². The predicted molar refractivity (Wildman–Crippen MR) is 62.9 cm³/mol. The normalized spacial score (nSPS) is 24.1. The third kappa shape index (κ3) is 2.70. The molecule has 0 saturated carbocycles. The maximum absolute atomic E-state index is 11.8. The molecule has 0 spiro atoms. The summed E-state index contributed by atoms with van der Waals surface area (Å²) in [5.74, 6) is 1.53. The Morgan fingerprint density at radius 2 is 2.31 bits per heavy atom. The summed E-state index contributed by atoms with van der Waals surface area (Å²) in [4.78, 5) is 24.2. The number of nitrogens with zero attached hydrogens (tertiary/aromatic N) is 1. The van der Waals surface area contributed by atoms with E-state index in [4.69, 9.17) is 11.5 Å². The number of carbonyl (C=O) groups excluding carboxylic acids is 1. The third-order valence-corrected chi connectivity index (χ3v) is 3.81. The average Bonchev–Trinajstić information content (AvgIpc) is 2.62. The first-order valence-corrected chi connectivity index (χ1v) is 6.25. The van der Waals surface area contributed by atoms with Crippen molar-refractivity contribution in [3.8, 4) is 12.3 Å². The number of carbonyl (C=O) groups is 2. The van der Waals surface area contributed by atoms with Gasteiger partial charge in [0.25, 0.3) is 0 Å². The van der Waals surface area contributed by atoms with Crippen LogP contribution in [0.1, 0.15) is 26.2 Å². The van der Waals surface area contributed by atoms with Gasteiger partial charge in [-0.1, -0.05) is 19.3 Å². The van der Waals surface area contributed by atoms with E-state index in [9.17, 15) is 9.59 Å². The van der Waals surface area contributed by atoms with Gasteiger partial charge in [-0.3, -0.25) is 4.79 Å². The molecule has 4 nitrogen and oxygen atoms in total. The maximum atomic E-state index is 11.8. The second-order valence-electron chi connectivity index (χ2n) is 3.61. The Balaban J connectivity index is 2.80. The zero-order valence-corrected chi connectivity index (χ0v) is 10.00. The fourth-order valence-electron chi connectivity index (χ4n) is 1.74. The number of terminal acetylenes is 1. The van der Waals surface area contributed by atoms with Crippen LogP contribution in [0.4, 0.5) is 0 Å². The van der Waals surface area contributed by atoms with Gasteiger partial charge in [-0.25, -0.2) is 4.79 Å². The Morgan fingerprint density at radius 3 is 2.81 bits per heavy atom. The fourth-order valence-corrected chi connectivity index (χ4v) is 3.27. The number of amides is 1. The number of hydrogen-bond donors (Lipinski definition) is 1. The van der Waals surface area contributed by atoms with Gasteiger partial charge in [-0.2, -0.15) is 0 Å². The molecule has 88 valence electrons. The van der Waals surface area contributed by atoms with Crippen molar-refractivity contribution in [3.05, 3.63) is 0 Å². The Labute approximate surface area is 99.4 Å². The lowest BCUT2D eigenvalue weighted by molar-refractivity contribution is -0.148. The molecule has 0 aromatic rings. The quantitative estimate of drug-likeness (QED) is 0.750. The van der Waals surface area contributed by atoms with Crippen LogP contribution < -0.4 is 0 Å². The van der Waals surface area contributed by atoms with Crippen LogP contribution in [0, 0.1) is 12.3 Å². The number of thioether (sulfide) groups is 1. The van der Waals surface area contributed by atoms with Crippen molar-refractivity contribution in [2.75, 3.05) is 5.75 Å². The molecule has 1 fully saturated rings. The molecule has 0 radical (unpaired) electrons. The van der Waals surface area contributed by atoms with Gasteiger partial charge >= 0.3 is 5.97 Å². The molecule has 1 aliphatic heterocycles. The minimum Gasteiger partial charge on any atom is -0.480 e. The van der Waals surface area contributed by atoms with Crippen LogP contribution in [-0.4, -0.2) is 39.1 Å². The highest BCUT2D eigenvalue weighted by Gasteiger charge is 2.40. The number of carboxylic acid groups (broad SMARTS) is 1. The molecule has 0 aromatic heterocycles. The van der Waals surface area contributed by atoms with Gasteiger partial charge in [0.2, 0.25) is 5.91 Å². The molecule has 1 N–H and O–H groups in total. The van der Waals surface area contributed by atoms with Crippen LogP contribution in [0.15, 0.2) is 0 Å². The lowest BCUT2D eigenvalue weighted by Crippen LogP contribution is -2.45. The topological polar surface area (TPSA) is 57.6 Å². The van der Waals surface area contributed by atoms with Crippen LogP contribution in [0.5, 0.6) is 0 Å². The fraction of sp³-hybridized carbons (Fsp3) is 0.636. The molecule has 2 unspecified atom stereocenters. The minimum atomic E-state index is -0.948. The van der Waals surface area contributed by atoms with Crippen molar-refractivity contribution in [3.63, 3.8) is 0 Å². The van der Waals surface area contributed by atoms with E-state index >= 15 is 0 Å². The van der Waals surface area contributed by atoms with E-state index in [1.54, 1.807) is 0 Å². The van der Waals surface area contributed by atoms with Crippen molar-refractivity contribution in [1.82, 2.24) is 4.90 Å².